The lowest BCUT2D eigenvalue weighted by Crippen LogP contribution is -2.33. The number of amides is 3. The topological polar surface area (TPSA) is 136 Å². The van der Waals surface area contributed by atoms with Crippen LogP contribution in [0.25, 0.3) is 0 Å². The Morgan fingerprint density at radius 2 is 2.06 bits per heavy atom. The molecule has 1 aromatic heterocycles. The molecule has 0 radical (unpaired) electrons. The molecule has 10 nitrogen and oxygen atoms in total. The molecule has 3 amide bonds. The predicted molar refractivity (Wildman–Crippen MR) is 123 cm³/mol. The minimum atomic E-state index is -0.798. The molecule has 1 N–H and O–H groups in total. The first-order chi connectivity index (χ1) is 16.2. The van der Waals surface area contributed by atoms with Crippen LogP contribution in [0, 0.1) is 10.1 Å². The van der Waals surface area contributed by atoms with Crippen molar-refractivity contribution in [1.29, 1.82) is 0 Å². The highest BCUT2D eigenvalue weighted by atomic mass is 32.1. The summed E-state index contributed by atoms with van der Waals surface area (Å²) in [6.45, 7) is 3.72. The van der Waals surface area contributed by atoms with Crippen molar-refractivity contribution in [2.24, 2.45) is 0 Å². The number of imide groups is 1. The summed E-state index contributed by atoms with van der Waals surface area (Å²) in [6, 6.07) is 3.86. The number of hydrogen-bond acceptors (Lipinski definition) is 8. The van der Waals surface area contributed by atoms with Gasteiger partial charge in [0.2, 0.25) is 5.91 Å². The summed E-state index contributed by atoms with van der Waals surface area (Å²) in [5, 5.41) is 14.4. The Hall–Kier alpha value is -3.60. The van der Waals surface area contributed by atoms with Crippen LogP contribution >= 0.6 is 11.3 Å². The highest BCUT2D eigenvalue weighted by Gasteiger charge is 2.41. The largest absolute Gasteiger partial charge is 0.462 e. The van der Waals surface area contributed by atoms with Crippen LogP contribution in [0.1, 0.15) is 80.5 Å². The Morgan fingerprint density at radius 1 is 1.29 bits per heavy atom. The number of benzene rings is 1. The molecule has 2 aliphatic rings. The first kappa shape index (κ1) is 23.6. The summed E-state index contributed by atoms with van der Waals surface area (Å²) in [7, 11) is 0. The van der Waals surface area contributed by atoms with Gasteiger partial charge in [0.05, 0.1) is 22.7 Å². The number of nitro benzene ring substituents is 1. The van der Waals surface area contributed by atoms with Gasteiger partial charge in [0, 0.05) is 23.9 Å². The maximum absolute atomic E-state index is 12.7. The number of nitro groups is 1. The molecule has 0 fully saturated rings. The van der Waals surface area contributed by atoms with Gasteiger partial charge in [-0.15, -0.1) is 11.3 Å². The molecule has 2 aromatic rings. The van der Waals surface area contributed by atoms with Crippen LogP contribution in [0.2, 0.25) is 0 Å². The number of esters is 1. The number of rotatable bonds is 7. The van der Waals surface area contributed by atoms with Crippen molar-refractivity contribution in [2.45, 2.75) is 45.4 Å². The fourth-order valence-corrected chi connectivity index (χ4v) is 5.84. The maximum Gasteiger partial charge on any atom is 0.341 e. The highest BCUT2D eigenvalue weighted by Crippen LogP contribution is 2.43. The Balaban J connectivity index is 1.51. The van der Waals surface area contributed by atoms with Gasteiger partial charge >= 0.3 is 5.97 Å². The van der Waals surface area contributed by atoms with Gasteiger partial charge < -0.3 is 10.1 Å². The maximum atomic E-state index is 12.7. The second kappa shape index (κ2) is 9.34. The van der Waals surface area contributed by atoms with Crippen LogP contribution in [0.4, 0.5) is 10.7 Å². The number of nitrogens with one attached hydrogen (secondary N) is 1. The van der Waals surface area contributed by atoms with Crippen molar-refractivity contribution < 1.29 is 28.8 Å². The third-order valence-electron chi connectivity index (χ3n) is 6.02. The van der Waals surface area contributed by atoms with E-state index < -0.39 is 34.3 Å². The fourth-order valence-electron chi connectivity index (χ4n) is 4.48. The second-order valence-electron chi connectivity index (χ2n) is 8.17. The van der Waals surface area contributed by atoms with Crippen molar-refractivity contribution in [1.82, 2.24) is 4.90 Å². The molecule has 34 heavy (non-hydrogen) atoms. The summed E-state index contributed by atoms with van der Waals surface area (Å²) in [5.74, 6) is -2.28. The zero-order valence-electron chi connectivity index (χ0n) is 18.7. The molecule has 4 rings (SSSR count). The van der Waals surface area contributed by atoms with Crippen molar-refractivity contribution in [3.63, 3.8) is 0 Å². The summed E-state index contributed by atoms with van der Waals surface area (Å²) >= 11 is 1.35. The zero-order chi connectivity index (χ0) is 24.6. The van der Waals surface area contributed by atoms with Gasteiger partial charge in [-0.25, -0.2) is 4.79 Å². The number of ether oxygens (including phenoxy) is 1. The second-order valence-corrected chi connectivity index (χ2v) is 9.28. The first-order valence-electron chi connectivity index (χ1n) is 11.0. The third-order valence-corrected chi connectivity index (χ3v) is 7.21. The summed E-state index contributed by atoms with van der Waals surface area (Å²) < 4.78 is 5.22. The number of thiophene rings is 1. The number of aryl methyl sites for hydroxylation is 1. The first-order valence-corrected chi connectivity index (χ1v) is 11.8. The molecule has 0 saturated carbocycles. The SMILES string of the molecule is CCOC(=O)c1c(NC(=O)CCN2C(=O)c3cccc([N+](=O)[O-])c3C2=O)sc2c1C(C)CCC2. The molecule has 1 aliphatic carbocycles. The lowest BCUT2D eigenvalue weighted by molar-refractivity contribution is -0.385. The molecule has 1 atom stereocenters. The fraction of sp³-hybridized carbons (Fsp3) is 0.391. The van der Waals surface area contributed by atoms with E-state index in [9.17, 15) is 29.3 Å². The highest BCUT2D eigenvalue weighted by molar-refractivity contribution is 7.17. The van der Waals surface area contributed by atoms with Crippen molar-refractivity contribution in [3.05, 3.63) is 55.4 Å². The molecule has 0 saturated heterocycles. The van der Waals surface area contributed by atoms with Crippen molar-refractivity contribution in [2.75, 3.05) is 18.5 Å². The Morgan fingerprint density at radius 3 is 2.76 bits per heavy atom. The van der Waals surface area contributed by atoms with Crippen LogP contribution in [-0.4, -0.2) is 46.7 Å². The van der Waals surface area contributed by atoms with E-state index in [0.29, 0.717) is 10.6 Å². The van der Waals surface area contributed by atoms with Crippen LogP contribution < -0.4 is 5.32 Å². The number of carbonyl (C=O) groups is 4. The van der Waals surface area contributed by atoms with Crippen LogP contribution in [0.3, 0.4) is 0 Å². The van der Waals surface area contributed by atoms with Gasteiger partial charge in [0.15, 0.2) is 0 Å². The Labute approximate surface area is 199 Å². The molecule has 0 bridgehead atoms. The lowest BCUT2D eigenvalue weighted by atomic mass is 9.86. The standard InChI is InChI=1S/C23H23N3O7S/c1-3-33-23(30)19-17-12(2)6-4-9-15(17)34-20(19)24-16(27)10-11-25-21(28)13-7-5-8-14(26(31)32)18(13)22(25)29/h5,7-8,12H,3-4,6,9-11H2,1-2H3,(H,24,27). The van der Waals surface area contributed by atoms with Crippen molar-refractivity contribution >= 4 is 45.7 Å². The molecule has 1 aliphatic heterocycles. The number of carbonyl (C=O) groups excluding carboxylic acids is 4. The average Bonchev–Trinajstić information content (AvgIpc) is 3.28. The van der Waals surface area contributed by atoms with E-state index in [1.165, 1.54) is 23.5 Å². The molecule has 0 spiro atoms. The predicted octanol–water partition coefficient (Wildman–Crippen LogP) is 3.90. The van der Waals surface area contributed by atoms with Crippen molar-refractivity contribution in [3.8, 4) is 0 Å². The van der Waals surface area contributed by atoms with E-state index in [1.54, 1.807) is 6.92 Å². The summed E-state index contributed by atoms with van der Waals surface area (Å²) in [4.78, 5) is 63.2. The normalized spacial score (nSPS) is 16.8. The molecule has 11 heteroatoms. The zero-order valence-corrected chi connectivity index (χ0v) is 19.5. The Kier molecular flexibility index (Phi) is 6.47. The minimum absolute atomic E-state index is 0.0517. The van der Waals surface area contributed by atoms with Crippen LogP contribution in [0.15, 0.2) is 18.2 Å². The lowest BCUT2D eigenvalue weighted by Gasteiger charge is -2.19. The van der Waals surface area contributed by atoms with E-state index in [4.69, 9.17) is 4.74 Å². The molecule has 178 valence electrons. The van der Waals surface area contributed by atoms with Gasteiger partial charge in [-0.3, -0.25) is 29.4 Å². The number of anilines is 1. The van der Waals surface area contributed by atoms with Gasteiger partial charge in [-0.05, 0) is 43.7 Å². The number of fused-ring (bicyclic) bond motifs is 2. The molecule has 1 unspecified atom stereocenters. The third kappa shape index (κ3) is 4.07. The van der Waals surface area contributed by atoms with Gasteiger partial charge in [-0.2, -0.15) is 0 Å². The average molecular weight is 486 g/mol. The Bertz CT molecular complexity index is 1220. The molecular weight excluding hydrogens is 462 g/mol. The van der Waals surface area contributed by atoms with Crippen LogP contribution in [-0.2, 0) is 16.0 Å². The van der Waals surface area contributed by atoms with Crippen LogP contribution in [0.5, 0.6) is 0 Å². The minimum Gasteiger partial charge on any atom is -0.462 e. The van der Waals surface area contributed by atoms with E-state index >= 15 is 0 Å². The molecular formula is C23H23N3O7S. The number of nitrogens with zero attached hydrogens (tertiary/aromatic N) is 2. The monoisotopic (exact) mass is 485 g/mol. The van der Waals surface area contributed by atoms with E-state index in [1.807, 2.05) is 6.92 Å². The van der Waals surface area contributed by atoms with Gasteiger partial charge in [-0.1, -0.05) is 13.0 Å². The van der Waals surface area contributed by atoms with E-state index in [-0.39, 0.29) is 36.6 Å². The quantitative estimate of drug-likeness (QED) is 0.272. The van der Waals surface area contributed by atoms with E-state index in [2.05, 4.69) is 5.32 Å². The van der Waals surface area contributed by atoms with E-state index in [0.717, 1.165) is 40.7 Å². The summed E-state index contributed by atoms with van der Waals surface area (Å²) in [5.41, 5.74) is 0.531. The van der Waals surface area contributed by atoms with Gasteiger partial charge in [0.25, 0.3) is 17.5 Å². The smallest absolute Gasteiger partial charge is 0.341 e. The summed E-state index contributed by atoms with van der Waals surface area (Å²) in [6.07, 6.45) is 2.53. The number of hydrogen-bond donors (Lipinski definition) is 1. The molecule has 1 aromatic carbocycles. The molecule has 2 heterocycles. The van der Waals surface area contributed by atoms with Gasteiger partial charge in [0.1, 0.15) is 10.6 Å².